The molecule has 1 atom stereocenters. The van der Waals surface area contributed by atoms with Gasteiger partial charge in [0.05, 0.1) is 0 Å². The Hall–Kier alpha value is -1.06. The minimum Gasteiger partial charge on any atom is -0.383 e. The van der Waals surface area contributed by atoms with Crippen LogP contribution < -0.4 is 5.32 Å². The third-order valence-corrected chi connectivity index (χ3v) is 5.02. The molecule has 3 heteroatoms. The molecule has 0 bridgehead atoms. The fraction of sp³-hybridized carbons (Fsp3) is 0.667. The van der Waals surface area contributed by atoms with Crippen LogP contribution in [0.5, 0.6) is 0 Å². The number of likely N-dealkylation sites (tertiary alicyclic amines) is 2. The van der Waals surface area contributed by atoms with E-state index in [1.807, 2.05) is 0 Å². The minimum atomic E-state index is 0.707. The van der Waals surface area contributed by atoms with Crippen LogP contribution in [0.3, 0.4) is 0 Å². The van der Waals surface area contributed by atoms with Gasteiger partial charge in [-0.3, -0.25) is 4.90 Å². The van der Waals surface area contributed by atoms with E-state index in [1.54, 1.807) is 0 Å². The van der Waals surface area contributed by atoms with Crippen LogP contribution in [0.15, 0.2) is 24.3 Å². The van der Waals surface area contributed by atoms with Crippen molar-refractivity contribution < 1.29 is 0 Å². The normalized spacial score (nSPS) is 24.3. The highest BCUT2D eigenvalue weighted by molar-refractivity contribution is 5.44. The molecule has 0 radical (unpaired) electrons. The Morgan fingerprint density at radius 2 is 1.76 bits per heavy atom. The molecule has 2 saturated heterocycles. The van der Waals surface area contributed by atoms with Crippen molar-refractivity contribution >= 4 is 5.69 Å². The topological polar surface area (TPSA) is 18.5 Å². The van der Waals surface area contributed by atoms with Gasteiger partial charge in [0.1, 0.15) is 0 Å². The van der Waals surface area contributed by atoms with Crippen molar-refractivity contribution in [3.8, 4) is 0 Å². The van der Waals surface area contributed by atoms with E-state index in [4.69, 9.17) is 0 Å². The number of nitrogens with one attached hydrogen (secondary N) is 1. The summed E-state index contributed by atoms with van der Waals surface area (Å²) in [4.78, 5) is 5.05. The standard InChI is InChI=1S/C18H29N3/c1-20-11-5-6-18(20)14-19-17-9-7-16(8-10-17)15-21-12-3-2-4-13-21/h7-10,18-19H,2-6,11-15H2,1H3. The second-order valence-corrected chi connectivity index (χ2v) is 6.69. The van der Waals surface area contributed by atoms with Crippen molar-refractivity contribution in [2.45, 2.75) is 44.7 Å². The number of piperidine rings is 1. The van der Waals surface area contributed by atoms with Gasteiger partial charge in [-0.1, -0.05) is 18.6 Å². The number of benzene rings is 1. The van der Waals surface area contributed by atoms with Crippen LogP contribution in [-0.2, 0) is 6.54 Å². The average Bonchev–Trinajstić information content (AvgIpc) is 2.93. The smallest absolute Gasteiger partial charge is 0.0340 e. The SMILES string of the molecule is CN1CCCC1CNc1ccc(CN2CCCCC2)cc1. The fourth-order valence-corrected chi connectivity index (χ4v) is 3.58. The Labute approximate surface area is 129 Å². The summed E-state index contributed by atoms with van der Waals surface area (Å²) in [5.41, 5.74) is 2.71. The highest BCUT2D eigenvalue weighted by Gasteiger charge is 2.20. The van der Waals surface area contributed by atoms with Crippen LogP contribution in [-0.4, -0.2) is 49.1 Å². The zero-order valence-electron chi connectivity index (χ0n) is 13.4. The average molecular weight is 287 g/mol. The van der Waals surface area contributed by atoms with Gasteiger partial charge in [-0.2, -0.15) is 0 Å². The van der Waals surface area contributed by atoms with Gasteiger partial charge in [-0.05, 0) is 70.1 Å². The molecular formula is C18H29N3. The maximum atomic E-state index is 3.59. The zero-order valence-corrected chi connectivity index (χ0v) is 13.4. The lowest BCUT2D eigenvalue weighted by atomic mass is 10.1. The van der Waals surface area contributed by atoms with Crippen LogP contribution in [0.25, 0.3) is 0 Å². The highest BCUT2D eigenvalue weighted by atomic mass is 15.2. The van der Waals surface area contributed by atoms with Gasteiger partial charge in [0.2, 0.25) is 0 Å². The Kier molecular flexibility index (Phi) is 5.15. The summed E-state index contributed by atoms with van der Waals surface area (Å²) in [5, 5.41) is 3.59. The van der Waals surface area contributed by atoms with E-state index in [9.17, 15) is 0 Å². The van der Waals surface area contributed by atoms with Crippen LogP contribution in [0.1, 0.15) is 37.7 Å². The largest absolute Gasteiger partial charge is 0.383 e. The second kappa shape index (κ2) is 7.28. The number of nitrogens with zero attached hydrogens (tertiary/aromatic N) is 2. The van der Waals surface area contributed by atoms with Crippen LogP contribution >= 0.6 is 0 Å². The predicted octanol–water partition coefficient (Wildman–Crippen LogP) is 3.18. The molecule has 1 unspecified atom stereocenters. The second-order valence-electron chi connectivity index (χ2n) is 6.69. The third-order valence-electron chi connectivity index (χ3n) is 5.02. The van der Waals surface area contributed by atoms with Gasteiger partial charge < -0.3 is 10.2 Å². The van der Waals surface area contributed by atoms with Gasteiger partial charge in [-0.15, -0.1) is 0 Å². The number of hydrogen-bond donors (Lipinski definition) is 1. The maximum Gasteiger partial charge on any atom is 0.0340 e. The molecule has 0 spiro atoms. The van der Waals surface area contributed by atoms with Crippen molar-refractivity contribution in [3.05, 3.63) is 29.8 Å². The monoisotopic (exact) mass is 287 g/mol. The Morgan fingerprint density at radius 1 is 1.00 bits per heavy atom. The van der Waals surface area contributed by atoms with Crippen LogP contribution in [0.2, 0.25) is 0 Å². The van der Waals surface area contributed by atoms with Crippen molar-refractivity contribution in [3.63, 3.8) is 0 Å². The first-order valence-electron chi connectivity index (χ1n) is 8.57. The molecule has 2 heterocycles. The van der Waals surface area contributed by atoms with Crippen molar-refractivity contribution in [1.29, 1.82) is 0 Å². The lowest BCUT2D eigenvalue weighted by Crippen LogP contribution is -2.31. The highest BCUT2D eigenvalue weighted by Crippen LogP contribution is 2.18. The van der Waals surface area contributed by atoms with E-state index in [1.165, 1.54) is 63.0 Å². The molecule has 1 N–H and O–H groups in total. The molecule has 0 saturated carbocycles. The van der Waals surface area contributed by atoms with E-state index in [0.717, 1.165) is 13.1 Å². The van der Waals surface area contributed by atoms with Gasteiger partial charge >= 0.3 is 0 Å². The first-order chi connectivity index (χ1) is 10.3. The molecule has 116 valence electrons. The molecule has 2 fully saturated rings. The van der Waals surface area contributed by atoms with Crippen LogP contribution in [0, 0.1) is 0 Å². The van der Waals surface area contributed by atoms with E-state index in [0.29, 0.717) is 6.04 Å². The number of hydrogen-bond acceptors (Lipinski definition) is 3. The minimum absolute atomic E-state index is 0.707. The first-order valence-corrected chi connectivity index (χ1v) is 8.57. The third kappa shape index (κ3) is 4.21. The summed E-state index contributed by atoms with van der Waals surface area (Å²) in [5.74, 6) is 0. The van der Waals surface area contributed by atoms with Crippen LogP contribution in [0.4, 0.5) is 5.69 Å². The van der Waals surface area contributed by atoms with E-state index in [2.05, 4.69) is 46.4 Å². The fourth-order valence-electron chi connectivity index (χ4n) is 3.58. The molecule has 0 amide bonds. The molecule has 3 nitrogen and oxygen atoms in total. The number of likely N-dealkylation sites (N-methyl/N-ethyl adjacent to an activating group) is 1. The van der Waals surface area contributed by atoms with E-state index >= 15 is 0 Å². The molecular weight excluding hydrogens is 258 g/mol. The number of rotatable bonds is 5. The van der Waals surface area contributed by atoms with Gasteiger partial charge in [0.25, 0.3) is 0 Å². The van der Waals surface area contributed by atoms with Gasteiger partial charge in [0, 0.05) is 24.8 Å². The zero-order chi connectivity index (χ0) is 14.5. The van der Waals surface area contributed by atoms with Crippen molar-refractivity contribution in [2.75, 3.05) is 38.5 Å². The van der Waals surface area contributed by atoms with Crippen molar-refractivity contribution in [2.24, 2.45) is 0 Å². The summed E-state index contributed by atoms with van der Waals surface area (Å²) < 4.78 is 0. The molecule has 1 aromatic carbocycles. The predicted molar refractivity (Wildman–Crippen MR) is 89.7 cm³/mol. The summed E-state index contributed by atoms with van der Waals surface area (Å²) in [6.45, 7) is 5.98. The molecule has 1 aromatic rings. The number of anilines is 1. The summed E-state index contributed by atoms with van der Waals surface area (Å²) in [6, 6.07) is 9.77. The molecule has 2 aliphatic rings. The molecule has 0 aliphatic carbocycles. The molecule has 2 aliphatic heterocycles. The quantitative estimate of drug-likeness (QED) is 0.897. The first kappa shape index (κ1) is 14.9. The Morgan fingerprint density at radius 3 is 2.43 bits per heavy atom. The lowest BCUT2D eigenvalue weighted by Gasteiger charge is -2.26. The lowest BCUT2D eigenvalue weighted by molar-refractivity contribution is 0.221. The Bertz CT molecular complexity index is 423. The summed E-state index contributed by atoms with van der Waals surface area (Å²) in [6.07, 6.45) is 6.83. The molecule has 0 aromatic heterocycles. The Balaban J connectivity index is 1.47. The van der Waals surface area contributed by atoms with Crippen molar-refractivity contribution in [1.82, 2.24) is 9.80 Å². The van der Waals surface area contributed by atoms with E-state index < -0.39 is 0 Å². The maximum absolute atomic E-state index is 3.59. The molecule has 3 rings (SSSR count). The summed E-state index contributed by atoms with van der Waals surface area (Å²) in [7, 11) is 2.24. The van der Waals surface area contributed by atoms with Gasteiger partial charge in [0.15, 0.2) is 0 Å². The molecule has 21 heavy (non-hydrogen) atoms. The van der Waals surface area contributed by atoms with Gasteiger partial charge in [-0.25, -0.2) is 0 Å². The summed E-state index contributed by atoms with van der Waals surface area (Å²) >= 11 is 0. The van der Waals surface area contributed by atoms with E-state index in [-0.39, 0.29) is 0 Å².